The largest absolute Gasteiger partial charge is 0.477 e. The van der Waals surface area contributed by atoms with E-state index in [1.807, 2.05) is 19.1 Å². The highest BCUT2D eigenvalue weighted by atomic mass is 16.4. The van der Waals surface area contributed by atoms with Gasteiger partial charge < -0.3 is 98.2 Å². The maximum atomic E-state index is 14.3. The Balaban J connectivity index is 2.31. The molecule has 28 nitrogen and oxygen atoms in total. The number of nitrogens with zero attached hydrogens (tertiary/aromatic N) is 2. The number of carbonyl (C=O) groups excluding carboxylic acids is 8. The Morgan fingerprint density at radius 3 is 1.95 bits per heavy atom. The molecule has 0 saturated carbocycles. The Labute approximate surface area is 449 Å². The maximum absolute atomic E-state index is 14.3. The van der Waals surface area contributed by atoms with E-state index < -0.39 is 120 Å². The van der Waals surface area contributed by atoms with Gasteiger partial charge in [0.15, 0.2) is 5.96 Å². The van der Waals surface area contributed by atoms with E-state index in [1.54, 1.807) is 12.1 Å². The molecule has 1 fully saturated rings. The molecule has 0 aliphatic carbocycles. The van der Waals surface area contributed by atoms with Gasteiger partial charge in [0.05, 0.1) is 18.7 Å². The quantitative estimate of drug-likeness (QED) is 0.0128. The van der Waals surface area contributed by atoms with Crippen LogP contribution in [0.25, 0.3) is 0 Å². The van der Waals surface area contributed by atoms with Crippen molar-refractivity contribution in [1.82, 2.24) is 42.1 Å². The molecule has 1 aromatic rings. The van der Waals surface area contributed by atoms with Crippen molar-refractivity contribution < 1.29 is 53.4 Å². The number of guanidine groups is 1. The van der Waals surface area contributed by atoms with E-state index >= 15 is 0 Å². The number of carbonyl (C=O) groups is 9. The van der Waals surface area contributed by atoms with Crippen molar-refractivity contribution in [3.63, 3.8) is 0 Å². The van der Waals surface area contributed by atoms with Gasteiger partial charge in [-0.15, -0.1) is 0 Å². The predicted molar refractivity (Wildman–Crippen MR) is 287 cm³/mol. The topological polar surface area (TPSA) is 502 Å². The molecule has 28 heteroatoms. The van der Waals surface area contributed by atoms with Gasteiger partial charge in [0.25, 0.3) is 0 Å². The lowest BCUT2D eigenvalue weighted by molar-refractivity contribution is -0.142. The number of aliphatic imine (C=N–C) groups is 1. The highest BCUT2D eigenvalue weighted by Crippen LogP contribution is 2.21. The highest BCUT2D eigenvalue weighted by molar-refractivity contribution is 5.99. The number of aryl methyl sites for hydroxylation is 1. The fourth-order valence-electron chi connectivity index (χ4n) is 8.24. The highest BCUT2D eigenvalue weighted by Gasteiger charge is 2.40. The standard InChI is InChI=1S/C49H85N17O11/c1-29-11-6-12-30(25-29)26-36(44(72)61-33(14-3-5-20-51)43(71)63-35(48(76)77)17-9-23-58-49(56)57)64-45(73)37-18-10-24-66(37)47(75)34(16-8-22-53)60-39(68)28-59-42(70)32(15-7-21-52)62-46(74)40(38(67)27-54)65-41(69)31(55)13-2-4-19-50/h6,11-12,17,25,31-34,36-38,40,67H,2-5,7-10,13-16,18-24,26-28,50-55H2,1H3,(H,59,70)(H,60,68)(H,61,72)(H,62,74)(H,63,71)(H,64,73)(H,65,69)(H,76,77)(H4,56,57,58)/b35-17-/t31-,32-,33-,34+,36-,37-,38-,40-/m0/s1. The number of aliphatic carboxylic acids is 1. The zero-order chi connectivity index (χ0) is 57.5. The molecule has 8 atom stereocenters. The number of nitrogens with one attached hydrogen (secondary N) is 7. The van der Waals surface area contributed by atoms with Crippen LogP contribution in [0.2, 0.25) is 0 Å². The number of aliphatic hydroxyl groups excluding tert-OH is 1. The smallest absolute Gasteiger partial charge is 0.352 e. The van der Waals surface area contributed by atoms with Crippen LogP contribution in [-0.2, 0) is 49.6 Å². The SMILES string of the molecule is Cc1cccc(C[C@H](NC(=O)[C@@H]2CCCN2C(=O)[C@@H](CCCN)NC(=O)CNC(=O)[C@H](CCCN)NC(=O)[C@@H](NC(=O)[C@@H](N)CCCCN)[C@@H](O)CN)C(=O)N[C@@H](CCCCN)C(=O)N/C(=C\CCN=C(N)N)C(=O)O)c1. The van der Waals surface area contributed by atoms with Crippen molar-refractivity contribution in [3.8, 4) is 0 Å². The molecule has 77 heavy (non-hydrogen) atoms. The molecule has 2 rings (SSSR count). The van der Waals surface area contributed by atoms with E-state index in [1.165, 1.54) is 11.0 Å². The van der Waals surface area contributed by atoms with E-state index in [0.717, 1.165) is 5.56 Å². The molecule has 1 heterocycles. The van der Waals surface area contributed by atoms with Crippen LogP contribution in [0.5, 0.6) is 0 Å². The van der Waals surface area contributed by atoms with Crippen LogP contribution in [0.15, 0.2) is 41.0 Å². The van der Waals surface area contributed by atoms with Crippen LogP contribution in [0.1, 0.15) is 94.6 Å². The minimum Gasteiger partial charge on any atom is -0.477 e. The number of unbranched alkanes of at least 4 members (excludes halogenated alkanes) is 2. The average Bonchev–Trinajstić information content (AvgIpc) is 3.90. The predicted octanol–water partition coefficient (Wildman–Crippen LogP) is -5.80. The summed E-state index contributed by atoms with van der Waals surface area (Å²) in [5, 5.41) is 38.2. The average molecular weight is 1090 g/mol. The van der Waals surface area contributed by atoms with Gasteiger partial charge in [-0.2, -0.15) is 0 Å². The van der Waals surface area contributed by atoms with Gasteiger partial charge in [-0.1, -0.05) is 42.3 Å². The maximum Gasteiger partial charge on any atom is 0.352 e. The first kappa shape index (κ1) is 66.3. The summed E-state index contributed by atoms with van der Waals surface area (Å²) in [6.07, 6.45) is 3.14. The van der Waals surface area contributed by atoms with Gasteiger partial charge in [-0.3, -0.25) is 43.3 Å². The Morgan fingerprint density at radius 1 is 0.727 bits per heavy atom. The van der Waals surface area contributed by atoms with E-state index in [-0.39, 0.29) is 96.5 Å². The van der Waals surface area contributed by atoms with Gasteiger partial charge in [0.2, 0.25) is 47.3 Å². The minimum absolute atomic E-state index is 0.00318. The molecule has 0 spiro atoms. The number of likely N-dealkylation sites (tertiary alicyclic amines) is 1. The van der Waals surface area contributed by atoms with Crippen molar-refractivity contribution in [3.05, 3.63) is 47.2 Å². The number of rotatable bonds is 37. The number of nitrogens with two attached hydrogens (primary N) is 8. The summed E-state index contributed by atoms with van der Waals surface area (Å²) in [7, 11) is 0. The second-order valence-electron chi connectivity index (χ2n) is 18.7. The third kappa shape index (κ3) is 24.4. The molecule has 0 unspecified atom stereocenters. The summed E-state index contributed by atoms with van der Waals surface area (Å²) in [4.78, 5) is 127. The van der Waals surface area contributed by atoms with Crippen LogP contribution >= 0.6 is 0 Å². The molecular formula is C49H85N17O11. The number of hydrogen-bond acceptors (Lipinski definition) is 17. The summed E-state index contributed by atoms with van der Waals surface area (Å²) < 4.78 is 0. The Hall–Kier alpha value is -6.82. The van der Waals surface area contributed by atoms with Crippen molar-refractivity contribution in [2.75, 3.05) is 52.4 Å². The minimum atomic E-state index is -1.59. The second-order valence-corrected chi connectivity index (χ2v) is 18.7. The lowest BCUT2D eigenvalue weighted by Crippen LogP contribution is -2.61. The molecule has 8 amide bonds. The molecule has 432 valence electrons. The lowest BCUT2D eigenvalue weighted by Gasteiger charge is -2.30. The normalized spacial score (nSPS) is 16.0. The Bertz CT molecular complexity index is 2160. The van der Waals surface area contributed by atoms with Crippen molar-refractivity contribution >= 4 is 59.2 Å². The van der Waals surface area contributed by atoms with Gasteiger partial charge in [-0.25, -0.2) is 4.79 Å². The van der Waals surface area contributed by atoms with Crippen molar-refractivity contribution in [2.45, 2.75) is 145 Å². The molecule has 1 aliphatic rings. The molecule has 1 aromatic carbocycles. The number of carboxylic acid groups (broad SMARTS) is 1. The third-order valence-electron chi connectivity index (χ3n) is 12.4. The number of aliphatic hydroxyl groups is 1. The Kier molecular flexibility index (Phi) is 31.2. The number of amides is 8. The number of benzene rings is 1. The summed E-state index contributed by atoms with van der Waals surface area (Å²) in [6, 6.07) is -1.62. The van der Waals surface area contributed by atoms with E-state index in [4.69, 9.17) is 45.9 Å². The first-order valence-corrected chi connectivity index (χ1v) is 26.1. The number of hydrogen-bond donors (Lipinski definition) is 17. The van der Waals surface area contributed by atoms with E-state index in [0.29, 0.717) is 44.2 Å². The van der Waals surface area contributed by atoms with Crippen molar-refractivity contribution in [1.29, 1.82) is 0 Å². The lowest BCUT2D eigenvalue weighted by atomic mass is 10.0. The summed E-state index contributed by atoms with van der Waals surface area (Å²) in [6.45, 7) is 1.84. The zero-order valence-electron chi connectivity index (χ0n) is 44.1. The number of carboxylic acids is 1. The first-order chi connectivity index (χ1) is 36.7. The van der Waals surface area contributed by atoms with Crippen LogP contribution in [0, 0.1) is 6.92 Å². The molecule has 0 radical (unpaired) electrons. The van der Waals surface area contributed by atoms with Gasteiger partial charge in [0.1, 0.15) is 41.9 Å². The molecule has 0 bridgehead atoms. The van der Waals surface area contributed by atoms with Gasteiger partial charge >= 0.3 is 5.97 Å². The summed E-state index contributed by atoms with van der Waals surface area (Å²) >= 11 is 0. The van der Waals surface area contributed by atoms with Crippen LogP contribution < -0.4 is 83.1 Å². The molecule has 1 saturated heterocycles. The van der Waals surface area contributed by atoms with E-state index in [9.17, 15) is 53.4 Å². The van der Waals surface area contributed by atoms with Crippen molar-refractivity contribution in [2.24, 2.45) is 50.9 Å². The third-order valence-corrected chi connectivity index (χ3v) is 12.4. The first-order valence-electron chi connectivity index (χ1n) is 26.1. The fourth-order valence-corrected chi connectivity index (χ4v) is 8.24. The molecule has 1 aliphatic heterocycles. The molecular weight excluding hydrogens is 1000 g/mol. The summed E-state index contributed by atoms with van der Waals surface area (Å²) in [5.74, 6) is -7.90. The van der Waals surface area contributed by atoms with E-state index in [2.05, 4.69) is 42.2 Å². The monoisotopic (exact) mass is 1090 g/mol. The van der Waals surface area contributed by atoms with Gasteiger partial charge in [0, 0.05) is 26.1 Å². The van der Waals surface area contributed by atoms with Crippen LogP contribution in [0.3, 0.4) is 0 Å². The second kappa shape index (κ2) is 36.3. The zero-order valence-corrected chi connectivity index (χ0v) is 44.1. The fraction of sp³-hybridized carbons (Fsp3) is 0.633. The van der Waals surface area contributed by atoms with Gasteiger partial charge in [-0.05, 0) is 116 Å². The summed E-state index contributed by atoms with van der Waals surface area (Å²) in [5.41, 5.74) is 46.1. The van der Waals surface area contributed by atoms with Crippen LogP contribution in [-0.4, -0.2) is 175 Å². The van der Waals surface area contributed by atoms with Crippen LogP contribution in [0.4, 0.5) is 0 Å². The molecule has 0 aromatic heterocycles. The molecule has 25 N–H and O–H groups in total. The Morgan fingerprint density at radius 2 is 1.34 bits per heavy atom.